The molecule has 0 radical (unpaired) electrons. The van der Waals surface area contributed by atoms with Gasteiger partial charge in [0.05, 0.1) is 17.1 Å². The monoisotopic (exact) mass is 717 g/mol. The van der Waals surface area contributed by atoms with Gasteiger partial charge in [-0.15, -0.1) is 11.8 Å². The van der Waals surface area contributed by atoms with E-state index in [1.165, 1.54) is 18.2 Å². The van der Waals surface area contributed by atoms with Crippen LogP contribution in [0.4, 0.5) is 13.2 Å². The Balaban J connectivity index is 1.48. The fraction of sp³-hybridized carbons (Fsp3) is 0.345. The smallest absolute Gasteiger partial charge is 0.387 e. The summed E-state index contributed by atoms with van der Waals surface area (Å²) in [5.74, 6) is -1.68. The topological polar surface area (TPSA) is 133 Å². The van der Waals surface area contributed by atoms with Gasteiger partial charge >= 0.3 is 12.6 Å². The summed E-state index contributed by atoms with van der Waals surface area (Å²) in [6.07, 6.45) is 2.51. The third-order valence-electron chi connectivity index (χ3n) is 7.15. The normalized spacial score (nSPS) is 17.5. The molecule has 0 N–H and O–H groups in total. The molecule has 1 saturated carbocycles. The Morgan fingerprint density at radius 1 is 1.15 bits per heavy atom. The third-order valence-corrected chi connectivity index (χ3v) is 11.0. The van der Waals surface area contributed by atoms with E-state index in [-0.39, 0.29) is 68.8 Å². The van der Waals surface area contributed by atoms with Gasteiger partial charge in [0.25, 0.3) is 0 Å². The zero-order valence-corrected chi connectivity index (χ0v) is 26.7. The van der Waals surface area contributed by atoms with Gasteiger partial charge in [-0.3, -0.25) is 0 Å². The lowest BCUT2D eigenvalue weighted by Crippen LogP contribution is -2.40. The van der Waals surface area contributed by atoms with Crippen molar-refractivity contribution in [2.24, 2.45) is 5.92 Å². The van der Waals surface area contributed by atoms with Crippen LogP contribution in [0.2, 0.25) is 10.0 Å². The van der Waals surface area contributed by atoms with Crippen LogP contribution < -0.4 is 14.2 Å². The zero-order chi connectivity index (χ0) is 33.2. The quantitative estimate of drug-likeness (QED) is 0.133. The summed E-state index contributed by atoms with van der Waals surface area (Å²) in [6.45, 7) is -2.98. The van der Waals surface area contributed by atoms with Crippen molar-refractivity contribution in [1.29, 1.82) is 5.26 Å². The first-order chi connectivity index (χ1) is 21.9. The van der Waals surface area contributed by atoms with Crippen molar-refractivity contribution in [1.82, 2.24) is 4.31 Å². The van der Waals surface area contributed by atoms with Crippen molar-refractivity contribution in [2.75, 3.05) is 18.9 Å². The molecule has 0 unspecified atom stereocenters. The molecule has 5 rings (SSSR count). The van der Waals surface area contributed by atoms with Crippen LogP contribution in [-0.4, -0.2) is 49.6 Å². The maximum absolute atomic E-state index is 13.9. The first-order valence-electron chi connectivity index (χ1n) is 13.7. The molecular weight excluding hydrogens is 694 g/mol. The molecule has 2 heterocycles. The number of alkyl halides is 2. The van der Waals surface area contributed by atoms with Gasteiger partial charge in [-0.25, -0.2) is 17.6 Å². The number of carbonyl (C=O) groups excluding carboxylic acids is 1. The van der Waals surface area contributed by atoms with E-state index < -0.39 is 45.5 Å². The first-order valence-corrected chi connectivity index (χ1v) is 16.9. The molecule has 1 aromatic heterocycles. The number of rotatable bonds is 12. The van der Waals surface area contributed by atoms with Crippen molar-refractivity contribution >= 4 is 51.0 Å². The van der Waals surface area contributed by atoms with Crippen LogP contribution >= 0.6 is 35.0 Å². The van der Waals surface area contributed by atoms with Crippen LogP contribution in [0.1, 0.15) is 35.6 Å². The van der Waals surface area contributed by atoms with E-state index in [0.717, 1.165) is 59.5 Å². The summed E-state index contributed by atoms with van der Waals surface area (Å²) < 4.78 is 84.8. The number of thioether (sulfide) groups is 1. The van der Waals surface area contributed by atoms with Crippen molar-refractivity contribution in [3.63, 3.8) is 0 Å². The minimum absolute atomic E-state index is 0.0301. The summed E-state index contributed by atoms with van der Waals surface area (Å²) >= 11 is 13.6. The fourth-order valence-electron chi connectivity index (χ4n) is 4.63. The number of halogens is 5. The highest BCUT2D eigenvalue weighted by Gasteiger charge is 2.42. The molecule has 2 aliphatic rings. The second-order valence-electron chi connectivity index (χ2n) is 10.4. The maximum Gasteiger partial charge on any atom is 0.387 e. The van der Waals surface area contributed by atoms with Gasteiger partial charge in [0, 0.05) is 24.3 Å². The van der Waals surface area contributed by atoms with Crippen LogP contribution in [0.5, 0.6) is 11.5 Å². The van der Waals surface area contributed by atoms with Gasteiger partial charge < -0.3 is 19.4 Å². The molecule has 244 valence electrons. The summed E-state index contributed by atoms with van der Waals surface area (Å²) in [5, 5.41) is 19.6. The predicted molar refractivity (Wildman–Crippen MR) is 161 cm³/mol. The number of aromatic nitrogens is 1. The molecule has 2 atom stereocenters. The van der Waals surface area contributed by atoms with Crippen molar-refractivity contribution < 1.29 is 45.3 Å². The average Bonchev–Trinajstić information content (AvgIpc) is 3.69. The Morgan fingerprint density at radius 3 is 2.52 bits per heavy atom. The molecule has 10 nitrogen and oxygen atoms in total. The third kappa shape index (κ3) is 7.75. The van der Waals surface area contributed by atoms with Crippen LogP contribution in [0.25, 0.3) is 0 Å². The van der Waals surface area contributed by atoms with Crippen LogP contribution in [-0.2, 0) is 26.0 Å². The largest absolute Gasteiger partial charge is 0.619 e. The van der Waals surface area contributed by atoms with Crippen LogP contribution in [0.15, 0.2) is 53.7 Å². The number of benzene rings is 2. The second-order valence-corrected chi connectivity index (χ2v) is 14.2. The van der Waals surface area contributed by atoms with Gasteiger partial charge in [-0.1, -0.05) is 29.3 Å². The number of nitrogens with zero attached hydrogens (tertiary/aromatic N) is 3. The van der Waals surface area contributed by atoms with E-state index in [9.17, 15) is 36.9 Å². The molecule has 46 heavy (non-hydrogen) atoms. The van der Waals surface area contributed by atoms with Gasteiger partial charge in [0.2, 0.25) is 10.0 Å². The lowest BCUT2D eigenvalue weighted by atomic mass is 10.0. The van der Waals surface area contributed by atoms with E-state index in [1.54, 1.807) is 6.07 Å². The highest BCUT2D eigenvalue weighted by atomic mass is 35.5. The van der Waals surface area contributed by atoms with E-state index in [2.05, 4.69) is 4.74 Å². The number of nitriles is 1. The lowest BCUT2D eigenvalue weighted by molar-refractivity contribution is -0.605. The number of esters is 1. The summed E-state index contributed by atoms with van der Waals surface area (Å²) in [7, 11) is -4.39. The van der Waals surface area contributed by atoms with Crippen LogP contribution in [0, 0.1) is 28.3 Å². The van der Waals surface area contributed by atoms with E-state index in [4.69, 9.17) is 32.7 Å². The zero-order valence-electron chi connectivity index (χ0n) is 23.6. The predicted octanol–water partition coefficient (Wildman–Crippen LogP) is 5.62. The van der Waals surface area contributed by atoms with Gasteiger partial charge in [0.15, 0.2) is 29.3 Å². The Hall–Kier alpha value is -3.42. The van der Waals surface area contributed by atoms with E-state index >= 15 is 0 Å². The summed E-state index contributed by atoms with van der Waals surface area (Å²) in [4.78, 5) is 13.3. The highest BCUT2D eigenvalue weighted by Crippen LogP contribution is 2.39. The lowest BCUT2D eigenvalue weighted by Gasteiger charge is -2.26. The van der Waals surface area contributed by atoms with Gasteiger partial charge in [-0.05, 0) is 54.7 Å². The first kappa shape index (κ1) is 33.9. The fourth-order valence-corrected chi connectivity index (χ4v) is 8.31. The van der Waals surface area contributed by atoms with E-state index in [0.29, 0.717) is 4.73 Å². The molecule has 1 aliphatic heterocycles. The minimum Gasteiger partial charge on any atom is -0.619 e. The number of ether oxygens (including phenoxy) is 3. The Morgan fingerprint density at radius 2 is 1.87 bits per heavy atom. The molecule has 1 aliphatic carbocycles. The molecule has 0 bridgehead atoms. The van der Waals surface area contributed by atoms with E-state index in [1.807, 2.05) is 0 Å². The molecule has 0 amide bonds. The Kier molecular flexibility index (Phi) is 10.4. The molecule has 2 fully saturated rings. The second kappa shape index (κ2) is 14.1. The number of pyridine rings is 1. The van der Waals surface area contributed by atoms with Crippen molar-refractivity contribution in [2.45, 2.75) is 42.2 Å². The Labute approximate surface area is 276 Å². The highest BCUT2D eigenvalue weighted by molar-refractivity contribution is 8.02. The van der Waals surface area contributed by atoms with Crippen molar-refractivity contribution in [3.05, 3.63) is 86.6 Å². The molecule has 3 aromatic rings. The maximum atomic E-state index is 13.9. The molecule has 1 saturated heterocycles. The summed E-state index contributed by atoms with van der Waals surface area (Å²) in [6, 6.07) is 8.29. The molecule has 0 spiro atoms. The van der Waals surface area contributed by atoms with Gasteiger partial charge in [0.1, 0.15) is 28.0 Å². The summed E-state index contributed by atoms with van der Waals surface area (Å²) in [5.41, 5.74) is -0.0102. The molecule has 2 aromatic carbocycles. The number of hydrogen-bond donors (Lipinski definition) is 0. The Bertz CT molecular complexity index is 1770. The minimum atomic E-state index is -4.39. The molecule has 17 heteroatoms. The number of hydrogen-bond acceptors (Lipinski definition) is 9. The van der Waals surface area contributed by atoms with Crippen molar-refractivity contribution in [3.8, 4) is 17.6 Å². The van der Waals surface area contributed by atoms with Gasteiger partial charge in [-0.2, -0.15) is 23.1 Å². The van der Waals surface area contributed by atoms with Crippen LogP contribution in [0.3, 0.4) is 0 Å². The average molecular weight is 719 g/mol. The number of sulfonamides is 1. The molecular formula is C29H24Cl2F3N3O7S2. The standard InChI is InChI=1S/C29H24Cl2F3N3O7S2/c30-21-13-36(39)14-22(31)20(21)11-25(17-3-6-24(44-29(33)34)26(10-17)42-15-16-1-2-16)43-28(38)27-37(7-8-45-27)46(40,41)19-4-5-23(32)18(9-19)12-35/h3-6,9-10,13-14,16,25,27,29H,1-2,7-8,11,15H2/t25-,27-/m0/s1. The number of carbonyl (C=O) groups is 1. The SMILES string of the molecule is N#Cc1cc(S(=O)(=O)N2CCS[C@H]2C(=O)O[C@@H](Cc2c(Cl)c[n+]([O-])cc2Cl)c2ccc(OC(F)F)c(OCC3CC3)c2)ccc1F.